The molecule has 0 bridgehead atoms. The molecular formula is C13H19N3O. The molecule has 17 heavy (non-hydrogen) atoms. The van der Waals surface area contributed by atoms with Crippen LogP contribution < -0.4 is 5.32 Å². The lowest BCUT2D eigenvalue weighted by molar-refractivity contribution is -0.125. The topological polar surface area (TPSA) is 46.9 Å². The van der Waals surface area contributed by atoms with Crippen molar-refractivity contribution in [3.05, 3.63) is 30.9 Å². The number of allylic oxidation sites excluding steroid dienone is 2. The van der Waals surface area contributed by atoms with Crippen LogP contribution in [0.3, 0.4) is 0 Å². The largest absolute Gasteiger partial charge is 0.352 e. The van der Waals surface area contributed by atoms with Crippen molar-refractivity contribution in [2.45, 2.75) is 38.8 Å². The van der Waals surface area contributed by atoms with Crippen LogP contribution in [0.1, 0.15) is 26.2 Å². The van der Waals surface area contributed by atoms with Crippen molar-refractivity contribution in [2.24, 2.45) is 5.92 Å². The van der Waals surface area contributed by atoms with E-state index >= 15 is 0 Å². The minimum Gasteiger partial charge on any atom is -0.352 e. The zero-order valence-electron chi connectivity index (χ0n) is 10.2. The number of hydrogen-bond acceptors (Lipinski definition) is 2. The summed E-state index contributed by atoms with van der Waals surface area (Å²) in [6.45, 7) is 2.80. The molecule has 1 amide bonds. The summed E-state index contributed by atoms with van der Waals surface area (Å²) < 4.78 is 1.98. The summed E-state index contributed by atoms with van der Waals surface area (Å²) in [5.74, 6) is 0.340. The molecule has 0 saturated heterocycles. The predicted molar refractivity (Wildman–Crippen MR) is 66.3 cm³/mol. The molecule has 1 N–H and O–H groups in total. The summed E-state index contributed by atoms with van der Waals surface area (Å²) in [5.41, 5.74) is 0. The van der Waals surface area contributed by atoms with Gasteiger partial charge in [0.15, 0.2) is 0 Å². The number of nitrogens with one attached hydrogen (secondary N) is 1. The van der Waals surface area contributed by atoms with Crippen molar-refractivity contribution < 1.29 is 4.79 Å². The van der Waals surface area contributed by atoms with E-state index in [1.807, 2.05) is 17.7 Å². The Bertz CT molecular complexity index is 383. The van der Waals surface area contributed by atoms with Crippen LogP contribution in [-0.4, -0.2) is 21.5 Å². The first kappa shape index (κ1) is 11.9. The zero-order chi connectivity index (χ0) is 12.1. The van der Waals surface area contributed by atoms with Gasteiger partial charge in [0, 0.05) is 30.9 Å². The molecule has 1 aliphatic carbocycles. The maximum atomic E-state index is 12.0. The van der Waals surface area contributed by atoms with E-state index in [1.165, 1.54) is 0 Å². The zero-order valence-corrected chi connectivity index (χ0v) is 10.2. The Morgan fingerprint density at radius 2 is 2.47 bits per heavy atom. The van der Waals surface area contributed by atoms with E-state index in [2.05, 4.69) is 22.5 Å². The van der Waals surface area contributed by atoms with Crippen molar-refractivity contribution in [2.75, 3.05) is 0 Å². The second kappa shape index (κ2) is 5.66. The normalized spacial score (nSPS) is 21.1. The fourth-order valence-electron chi connectivity index (χ4n) is 2.15. The van der Waals surface area contributed by atoms with Gasteiger partial charge in [-0.2, -0.15) is 0 Å². The first-order valence-corrected chi connectivity index (χ1v) is 6.17. The predicted octanol–water partition coefficient (Wildman–Crippen LogP) is 1.74. The molecule has 92 valence electrons. The quantitative estimate of drug-likeness (QED) is 0.805. The van der Waals surface area contributed by atoms with Gasteiger partial charge in [0.25, 0.3) is 0 Å². The molecule has 0 aromatic carbocycles. The average Bonchev–Trinajstić information content (AvgIpc) is 2.82. The molecule has 0 fully saturated rings. The number of aromatic nitrogens is 2. The Morgan fingerprint density at radius 1 is 1.59 bits per heavy atom. The molecule has 0 spiro atoms. The van der Waals surface area contributed by atoms with Crippen LogP contribution >= 0.6 is 0 Å². The summed E-state index contributed by atoms with van der Waals surface area (Å²) in [6.07, 6.45) is 12.6. The van der Waals surface area contributed by atoms with E-state index < -0.39 is 0 Å². The number of carbonyl (C=O) groups excluding carboxylic acids is 1. The molecule has 1 heterocycles. The molecule has 1 aromatic heterocycles. The van der Waals surface area contributed by atoms with Gasteiger partial charge in [-0.25, -0.2) is 4.98 Å². The lowest BCUT2D eigenvalue weighted by atomic mass is 9.93. The molecule has 0 saturated carbocycles. The molecule has 1 aromatic rings. The molecule has 0 aliphatic heterocycles. The Kier molecular flexibility index (Phi) is 3.96. The highest BCUT2D eigenvalue weighted by Gasteiger charge is 2.19. The molecule has 4 heteroatoms. The van der Waals surface area contributed by atoms with Gasteiger partial charge in [0.1, 0.15) is 0 Å². The fraction of sp³-hybridized carbons (Fsp3) is 0.538. The van der Waals surface area contributed by atoms with E-state index in [4.69, 9.17) is 0 Å². The molecule has 2 atom stereocenters. The molecule has 0 radical (unpaired) electrons. The standard InChI is InChI=1S/C13H19N3O/c1-11(9-16-8-7-14-10-16)15-13(17)12-5-3-2-4-6-12/h2-3,7-8,10-12H,4-6,9H2,1H3,(H,15,17). The van der Waals surface area contributed by atoms with Gasteiger partial charge in [-0.15, -0.1) is 0 Å². The smallest absolute Gasteiger partial charge is 0.223 e. The molecule has 1 aliphatic rings. The first-order chi connectivity index (χ1) is 8.25. The van der Waals surface area contributed by atoms with Crippen LogP contribution in [0.2, 0.25) is 0 Å². The van der Waals surface area contributed by atoms with Gasteiger partial charge in [-0.1, -0.05) is 12.2 Å². The van der Waals surface area contributed by atoms with E-state index in [0.29, 0.717) is 0 Å². The second-order valence-electron chi connectivity index (χ2n) is 4.65. The van der Waals surface area contributed by atoms with E-state index in [0.717, 1.165) is 25.8 Å². The number of amides is 1. The number of imidazole rings is 1. The highest BCUT2D eigenvalue weighted by Crippen LogP contribution is 2.18. The van der Waals surface area contributed by atoms with Crippen molar-refractivity contribution in [1.82, 2.24) is 14.9 Å². The van der Waals surface area contributed by atoms with Crippen LogP contribution in [0.25, 0.3) is 0 Å². The van der Waals surface area contributed by atoms with Crippen LogP contribution in [0.4, 0.5) is 0 Å². The minimum absolute atomic E-state index is 0.141. The van der Waals surface area contributed by atoms with Gasteiger partial charge in [0.2, 0.25) is 5.91 Å². The number of carbonyl (C=O) groups is 1. The minimum atomic E-state index is 0.141. The third-order valence-electron chi connectivity index (χ3n) is 3.07. The third kappa shape index (κ3) is 3.44. The Hall–Kier alpha value is -1.58. The Labute approximate surface area is 102 Å². The maximum absolute atomic E-state index is 12.0. The summed E-state index contributed by atoms with van der Waals surface area (Å²) in [4.78, 5) is 16.0. The fourth-order valence-corrected chi connectivity index (χ4v) is 2.15. The van der Waals surface area contributed by atoms with Crippen LogP contribution in [0.5, 0.6) is 0 Å². The van der Waals surface area contributed by atoms with E-state index in [-0.39, 0.29) is 17.9 Å². The summed E-state index contributed by atoms with van der Waals surface area (Å²) >= 11 is 0. The number of hydrogen-bond donors (Lipinski definition) is 1. The van der Waals surface area contributed by atoms with E-state index in [1.54, 1.807) is 12.5 Å². The monoisotopic (exact) mass is 233 g/mol. The van der Waals surface area contributed by atoms with Crippen molar-refractivity contribution in [1.29, 1.82) is 0 Å². The third-order valence-corrected chi connectivity index (χ3v) is 3.07. The molecular weight excluding hydrogens is 214 g/mol. The Balaban J connectivity index is 1.79. The van der Waals surface area contributed by atoms with Crippen LogP contribution in [-0.2, 0) is 11.3 Å². The number of rotatable bonds is 4. The van der Waals surface area contributed by atoms with Crippen LogP contribution in [0, 0.1) is 5.92 Å². The number of nitrogens with zero attached hydrogens (tertiary/aromatic N) is 2. The SMILES string of the molecule is CC(Cn1ccnc1)NC(=O)C1CC=CCC1. The summed E-state index contributed by atoms with van der Waals surface area (Å²) in [6, 6.07) is 0.141. The molecule has 2 rings (SSSR count). The summed E-state index contributed by atoms with van der Waals surface area (Å²) in [7, 11) is 0. The van der Waals surface area contributed by atoms with Crippen molar-refractivity contribution in [3.63, 3.8) is 0 Å². The van der Waals surface area contributed by atoms with Gasteiger partial charge in [0.05, 0.1) is 6.33 Å². The highest BCUT2D eigenvalue weighted by atomic mass is 16.1. The van der Waals surface area contributed by atoms with E-state index in [9.17, 15) is 4.79 Å². The molecule has 2 unspecified atom stereocenters. The van der Waals surface area contributed by atoms with Gasteiger partial charge in [-0.05, 0) is 26.2 Å². The lowest BCUT2D eigenvalue weighted by Crippen LogP contribution is -2.39. The maximum Gasteiger partial charge on any atom is 0.223 e. The second-order valence-corrected chi connectivity index (χ2v) is 4.65. The van der Waals surface area contributed by atoms with Gasteiger partial charge < -0.3 is 9.88 Å². The summed E-state index contributed by atoms with van der Waals surface area (Å²) in [5, 5.41) is 3.07. The highest BCUT2D eigenvalue weighted by molar-refractivity contribution is 5.79. The molecule has 4 nitrogen and oxygen atoms in total. The van der Waals surface area contributed by atoms with Crippen LogP contribution in [0.15, 0.2) is 30.9 Å². The average molecular weight is 233 g/mol. The lowest BCUT2D eigenvalue weighted by Gasteiger charge is -2.21. The van der Waals surface area contributed by atoms with Gasteiger partial charge >= 0.3 is 0 Å². The van der Waals surface area contributed by atoms with Crippen molar-refractivity contribution >= 4 is 5.91 Å². The van der Waals surface area contributed by atoms with Crippen molar-refractivity contribution in [3.8, 4) is 0 Å². The van der Waals surface area contributed by atoms with Gasteiger partial charge in [-0.3, -0.25) is 4.79 Å². The first-order valence-electron chi connectivity index (χ1n) is 6.17. The Morgan fingerprint density at radius 3 is 3.12 bits per heavy atom.